The first-order chi connectivity index (χ1) is 12.4. The molecule has 2 rings (SSSR count). The van der Waals surface area contributed by atoms with Crippen molar-refractivity contribution in [2.75, 3.05) is 11.9 Å². The van der Waals surface area contributed by atoms with E-state index in [1.807, 2.05) is 60.6 Å². The second-order valence-electron chi connectivity index (χ2n) is 8.90. The summed E-state index contributed by atoms with van der Waals surface area (Å²) >= 11 is 0. The first kappa shape index (κ1) is 21.1. The third-order valence-corrected chi connectivity index (χ3v) is 4.79. The van der Waals surface area contributed by atoms with Crippen molar-refractivity contribution in [2.45, 2.75) is 72.4 Å². The summed E-state index contributed by atoms with van der Waals surface area (Å²) in [6.07, 6.45) is 1.60. The minimum Gasteiger partial charge on any atom is -0.444 e. The quantitative estimate of drug-likeness (QED) is 0.712. The number of carbonyl (C=O) groups is 2. The van der Waals surface area contributed by atoms with Crippen molar-refractivity contribution in [3.8, 4) is 0 Å². The summed E-state index contributed by atoms with van der Waals surface area (Å²) in [5.41, 5.74) is 2.99. The van der Waals surface area contributed by atoms with Crippen LogP contribution in [0.5, 0.6) is 0 Å². The maximum atomic E-state index is 12.7. The molecule has 0 saturated heterocycles. The van der Waals surface area contributed by atoms with Crippen molar-refractivity contribution in [3.05, 3.63) is 28.8 Å². The lowest BCUT2D eigenvalue weighted by molar-refractivity contribution is 0.0509. The lowest BCUT2D eigenvalue weighted by atomic mass is 9.96. The topological polar surface area (TPSA) is 79.5 Å². The van der Waals surface area contributed by atoms with Crippen LogP contribution in [-0.2, 0) is 4.74 Å². The molecule has 1 aliphatic carbocycles. The van der Waals surface area contributed by atoms with E-state index in [4.69, 9.17) is 4.74 Å². The molecule has 27 heavy (non-hydrogen) atoms. The highest BCUT2D eigenvalue weighted by Crippen LogP contribution is 2.39. The maximum Gasteiger partial charge on any atom is 0.407 e. The third-order valence-electron chi connectivity index (χ3n) is 4.79. The van der Waals surface area contributed by atoms with Gasteiger partial charge in [-0.3, -0.25) is 0 Å². The number of anilines is 1. The van der Waals surface area contributed by atoms with Crippen LogP contribution in [-0.4, -0.2) is 29.8 Å². The van der Waals surface area contributed by atoms with Gasteiger partial charge in [0.2, 0.25) is 0 Å². The normalized spacial score (nSPS) is 16.3. The molecule has 1 aromatic rings. The molecule has 150 valence electrons. The molecule has 1 aromatic carbocycles. The SMILES string of the molecule is Cc1cc(C)c(NC(=O)NC(C)(CNC(=O)OC(C)(C)C)C2CC2)c(C)c1. The van der Waals surface area contributed by atoms with Gasteiger partial charge in [-0.2, -0.15) is 0 Å². The van der Waals surface area contributed by atoms with Crippen molar-refractivity contribution in [1.82, 2.24) is 10.6 Å². The summed E-state index contributed by atoms with van der Waals surface area (Å²) in [6, 6.07) is 3.84. The van der Waals surface area contributed by atoms with Gasteiger partial charge >= 0.3 is 12.1 Å². The monoisotopic (exact) mass is 375 g/mol. The number of hydrogen-bond donors (Lipinski definition) is 3. The number of alkyl carbamates (subject to hydrolysis) is 1. The van der Waals surface area contributed by atoms with Crippen LogP contribution < -0.4 is 16.0 Å². The summed E-state index contributed by atoms with van der Waals surface area (Å²) in [5.74, 6) is 0.346. The molecule has 3 N–H and O–H groups in total. The highest BCUT2D eigenvalue weighted by molar-refractivity contribution is 5.91. The average Bonchev–Trinajstić information content (AvgIpc) is 3.32. The second-order valence-corrected chi connectivity index (χ2v) is 8.90. The van der Waals surface area contributed by atoms with Crippen molar-refractivity contribution >= 4 is 17.8 Å². The highest BCUT2D eigenvalue weighted by atomic mass is 16.6. The zero-order valence-corrected chi connectivity index (χ0v) is 17.6. The van der Waals surface area contributed by atoms with E-state index < -0.39 is 17.2 Å². The zero-order chi connectivity index (χ0) is 20.4. The Morgan fingerprint density at radius 2 is 1.63 bits per heavy atom. The van der Waals surface area contributed by atoms with Crippen molar-refractivity contribution in [2.24, 2.45) is 5.92 Å². The largest absolute Gasteiger partial charge is 0.444 e. The maximum absolute atomic E-state index is 12.7. The molecule has 0 radical (unpaired) electrons. The summed E-state index contributed by atoms with van der Waals surface area (Å²) in [4.78, 5) is 24.6. The number of benzene rings is 1. The number of aryl methyl sites for hydroxylation is 3. The lowest BCUT2D eigenvalue weighted by Gasteiger charge is -2.32. The third kappa shape index (κ3) is 6.15. The molecule has 0 aromatic heterocycles. The van der Waals surface area contributed by atoms with E-state index in [0.29, 0.717) is 12.5 Å². The van der Waals surface area contributed by atoms with Crippen LogP contribution in [0.2, 0.25) is 0 Å². The standard InChI is InChI=1S/C21H33N3O3/c1-13-10-14(2)17(15(3)11-13)23-18(25)24-21(7,16-8-9-16)12-22-19(26)27-20(4,5)6/h10-11,16H,8-9,12H2,1-7H3,(H,22,26)(H2,23,24,25). The molecule has 0 bridgehead atoms. The summed E-state index contributed by atoms with van der Waals surface area (Å²) < 4.78 is 5.30. The Balaban J connectivity index is 2.01. The first-order valence-corrected chi connectivity index (χ1v) is 9.53. The molecule has 1 saturated carbocycles. The number of rotatable bonds is 5. The van der Waals surface area contributed by atoms with E-state index in [1.165, 1.54) is 5.56 Å². The zero-order valence-electron chi connectivity index (χ0n) is 17.6. The van der Waals surface area contributed by atoms with E-state index >= 15 is 0 Å². The predicted octanol–water partition coefficient (Wildman–Crippen LogP) is 4.43. The van der Waals surface area contributed by atoms with Gasteiger partial charge in [-0.25, -0.2) is 9.59 Å². The number of nitrogens with one attached hydrogen (secondary N) is 3. The smallest absolute Gasteiger partial charge is 0.407 e. The van der Waals surface area contributed by atoms with Gasteiger partial charge in [0.05, 0.1) is 5.54 Å². The minimum absolute atomic E-state index is 0.259. The van der Waals surface area contributed by atoms with Gasteiger partial charge in [-0.1, -0.05) is 17.7 Å². The molecule has 1 aliphatic rings. The summed E-state index contributed by atoms with van der Waals surface area (Å²) in [6.45, 7) is 13.8. The molecule has 1 atom stereocenters. The van der Waals surface area contributed by atoms with Crippen LogP contribution in [0.1, 0.15) is 57.2 Å². The van der Waals surface area contributed by atoms with Crippen molar-refractivity contribution < 1.29 is 14.3 Å². The molecule has 0 heterocycles. The molecule has 1 unspecified atom stereocenters. The fraction of sp³-hybridized carbons (Fsp3) is 0.619. The van der Waals surface area contributed by atoms with Crippen LogP contribution in [0.15, 0.2) is 12.1 Å². The predicted molar refractivity (Wildman–Crippen MR) is 108 cm³/mol. The van der Waals surface area contributed by atoms with E-state index in [2.05, 4.69) is 16.0 Å². The van der Waals surface area contributed by atoms with Gasteiger partial charge in [0.25, 0.3) is 0 Å². The lowest BCUT2D eigenvalue weighted by Crippen LogP contribution is -2.56. The van der Waals surface area contributed by atoms with Gasteiger partial charge in [0.1, 0.15) is 5.60 Å². The fourth-order valence-electron chi connectivity index (χ4n) is 3.36. The molecule has 0 spiro atoms. The molecule has 3 amide bonds. The number of amides is 3. The molecule has 1 fully saturated rings. The Morgan fingerprint density at radius 1 is 1.07 bits per heavy atom. The Hall–Kier alpha value is -2.24. The molecule has 0 aliphatic heterocycles. The van der Waals surface area contributed by atoms with Crippen LogP contribution in [0.25, 0.3) is 0 Å². The number of hydrogen-bond acceptors (Lipinski definition) is 3. The van der Waals surface area contributed by atoms with E-state index in [0.717, 1.165) is 29.7 Å². The molecule has 6 heteroatoms. The van der Waals surface area contributed by atoms with E-state index in [9.17, 15) is 9.59 Å². The van der Waals surface area contributed by atoms with Gasteiger partial charge in [-0.15, -0.1) is 0 Å². The fourth-order valence-corrected chi connectivity index (χ4v) is 3.36. The van der Waals surface area contributed by atoms with Gasteiger partial charge in [0, 0.05) is 12.2 Å². The molecular formula is C21H33N3O3. The number of urea groups is 1. The summed E-state index contributed by atoms with van der Waals surface area (Å²) in [5, 5.41) is 8.84. The van der Waals surface area contributed by atoms with Crippen molar-refractivity contribution in [1.29, 1.82) is 0 Å². The van der Waals surface area contributed by atoms with E-state index in [-0.39, 0.29) is 6.03 Å². The molecule has 6 nitrogen and oxygen atoms in total. The van der Waals surface area contributed by atoms with Gasteiger partial charge in [-0.05, 0) is 78.4 Å². The first-order valence-electron chi connectivity index (χ1n) is 9.53. The number of ether oxygens (including phenoxy) is 1. The van der Waals surface area contributed by atoms with Crippen molar-refractivity contribution in [3.63, 3.8) is 0 Å². The second kappa shape index (κ2) is 7.79. The molecular weight excluding hydrogens is 342 g/mol. The van der Waals surface area contributed by atoms with Gasteiger partial charge in [0.15, 0.2) is 0 Å². The minimum atomic E-state index is -0.550. The van der Waals surface area contributed by atoms with Crippen LogP contribution in [0.4, 0.5) is 15.3 Å². The van der Waals surface area contributed by atoms with Crippen LogP contribution >= 0.6 is 0 Å². The van der Waals surface area contributed by atoms with Crippen LogP contribution in [0.3, 0.4) is 0 Å². The Morgan fingerprint density at radius 3 is 2.11 bits per heavy atom. The van der Waals surface area contributed by atoms with Crippen LogP contribution in [0, 0.1) is 26.7 Å². The number of carbonyl (C=O) groups excluding carboxylic acids is 2. The Labute approximate surface area is 162 Å². The highest BCUT2D eigenvalue weighted by Gasteiger charge is 2.43. The Kier molecular flexibility index (Phi) is 6.07. The van der Waals surface area contributed by atoms with E-state index in [1.54, 1.807) is 0 Å². The Bertz CT molecular complexity index is 697. The summed E-state index contributed by atoms with van der Waals surface area (Å²) in [7, 11) is 0. The van der Waals surface area contributed by atoms with Gasteiger partial charge < -0.3 is 20.7 Å². The average molecular weight is 376 g/mol.